The van der Waals surface area contributed by atoms with Gasteiger partial charge in [-0.3, -0.25) is 4.90 Å². The predicted octanol–water partition coefficient (Wildman–Crippen LogP) is 2.45. The molecule has 4 aromatic rings. The lowest BCUT2D eigenvalue weighted by Gasteiger charge is -2.37. The average molecular weight is 767 g/mol. The number of halogens is 1. The Balaban J connectivity index is 0.00000401. The van der Waals surface area contributed by atoms with Crippen molar-refractivity contribution in [3.05, 3.63) is 88.0 Å². The summed E-state index contributed by atoms with van der Waals surface area (Å²) in [6.07, 6.45) is 3.03. The Kier molecular flexibility index (Phi) is 9.87. The molecule has 0 saturated heterocycles. The van der Waals surface area contributed by atoms with Gasteiger partial charge in [-0.1, -0.05) is 18.2 Å². The van der Waals surface area contributed by atoms with Crippen molar-refractivity contribution < 1.29 is 62.4 Å². The van der Waals surface area contributed by atoms with E-state index in [1.54, 1.807) is 28.4 Å². The zero-order valence-electron chi connectivity index (χ0n) is 28.3. The van der Waals surface area contributed by atoms with Gasteiger partial charge in [0.05, 0.1) is 42.0 Å². The van der Waals surface area contributed by atoms with Crippen molar-refractivity contribution in [1.29, 1.82) is 0 Å². The number of quaternary nitrogens is 1. The van der Waals surface area contributed by atoms with E-state index < -0.39 is 0 Å². The highest BCUT2D eigenvalue weighted by Gasteiger charge is 2.37. The fourth-order valence-electron chi connectivity index (χ4n) is 7.51. The second-order valence-electron chi connectivity index (χ2n) is 12.7. The summed E-state index contributed by atoms with van der Waals surface area (Å²) in [6.45, 7) is 1.76. The summed E-state index contributed by atoms with van der Waals surface area (Å²) in [7, 11) is 10.8. The zero-order chi connectivity index (χ0) is 32.8. The first-order chi connectivity index (χ1) is 22.8. The highest BCUT2D eigenvalue weighted by molar-refractivity contribution is 5.69. The molecular formula is C38H43IN2O7. The van der Waals surface area contributed by atoms with Crippen LogP contribution < -0.4 is 57.3 Å². The minimum Gasteiger partial charge on any atom is -1.00 e. The first kappa shape index (κ1) is 34.0. The molecule has 0 saturated carbocycles. The number of nitrogens with zero attached hydrogens (tertiary/aromatic N) is 1. The molecule has 0 aromatic heterocycles. The molecule has 6 bridgehead atoms. The molecule has 0 aliphatic carbocycles. The van der Waals surface area contributed by atoms with Gasteiger partial charge in [0, 0.05) is 42.1 Å². The van der Waals surface area contributed by atoms with Gasteiger partial charge in [0.15, 0.2) is 34.5 Å². The lowest BCUT2D eigenvalue weighted by atomic mass is 9.86. The third kappa shape index (κ3) is 5.98. The van der Waals surface area contributed by atoms with Crippen LogP contribution in [0.25, 0.3) is 0 Å². The SMILES string of the molecule is COc1ccc2cc1Oc1ccc(cc1)CC1c3c(c(O)c(OC)c(OC)c3Oc3cc4c(cc3OC)CC[NH+](C)C4C2)CCN1C.[I-]. The molecule has 0 amide bonds. The molecule has 0 radical (unpaired) electrons. The van der Waals surface area contributed by atoms with E-state index in [-0.39, 0.29) is 47.6 Å². The number of hydrogen-bond acceptors (Lipinski definition) is 8. The molecule has 4 aliphatic heterocycles. The Bertz CT molecular complexity index is 1810. The molecule has 0 fully saturated rings. The Labute approximate surface area is 299 Å². The van der Waals surface area contributed by atoms with Crippen molar-refractivity contribution in [2.75, 3.05) is 55.6 Å². The molecule has 8 rings (SSSR count). The van der Waals surface area contributed by atoms with Gasteiger partial charge >= 0.3 is 0 Å². The van der Waals surface area contributed by atoms with Crippen LogP contribution in [0.3, 0.4) is 0 Å². The number of aromatic hydroxyl groups is 1. The van der Waals surface area contributed by atoms with Crippen molar-refractivity contribution in [1.82, 2.24) is 4.90 Å². The molecule has 48 heavy (non-hydrogen) atoms. The van der Waals surface area contributed by atoms with E-state index in [1.807, 2.05) is 18.2 Å². The maximum Gasteiger partial charge on any atom is 0.208 e. The molecule has 2 N–H and O–H groups in total. The third-order valence-corrected chi connectivity index (χ3v) is 10.1. The van der Waals surface area contributed by atoms with Gasteiger partial charge in [0.1, 0.15) is 11.8 Å². The van der Waals surface area contributed by atoms with Gasteiger partial charge in [0.2, 0.25) is 11.5 Å². The summed E-state index contributed by atoms with van der Waals surface area (Å²) < 4.78 is 36.8. The number of benzene rings is 4. The molecule has 4 heterocycles. The monoisotopic (exact) mass is 766 g/mol. The summed E-state index contributed by atoms with van der Waals surface area (Å²) in [5.74, 6) is 4.59. The van der Waals surface area contributed by atoms with Crippen LogP contribution in [0.4, 0.5) is 0 Å². The first-order valence-electron chi connectivity index (χ1n) is 16.2. The normalized spacial score (nSPS) is 19.8. The molecule has 4 aliphatic rings. The molecule has 9 nitrogen and oxygen atoms in total. The van der Waals surface area contributed by atoms with Crippen molar-refractivity contribution in [3.8, 4) is 51.7 Å². The van der Waals surface area contributed by atoms with Crippen molar-refractivity contribution in [2.45, 2.75) is 37.8 Å². The number of likely N-dealkylation sites (N-methyl/N-ethyl adjacent to an activating group) is 2. The van der Waals surface area contributed by atoms with E-state index in [0.29, 0.717) is 47.3 Å². The standard InChI is InChI=1S/C38H42N2O7.HI/c1-39-15-13-24-20-31(43-4)33-21-27(24)28(39)18-23-9-12-30(42-3)32(19-23)46-25-10-7-22(8-11-25)17-29-34-26(14-16-40(29)2)35(41)37(44-5)38(45-6)36(34)47-33;/h7-12,19-21,28-29,41H,13-18H2,1-6H3;1H. The number of phenolic OH excluding ortho intramolecular Hbond substituents is 1. The van der Waals surface area contributed by atoms with Gasteiger partial charge in [-0.2, -0.15) is 0 Å². The Morgan fingerprint density at radius 2 is 1.50 bits per heavy atom. The number of methoxy groups -OCH3 is 4. The highest BCUT2D eigenvalue weighted by Crippen LogP contribution is 2.55. The van der Waals surface area contributed by atoms with E-state index in [4.69, 9.17) is 28.4 Å². The third-order valence-electron chi connectivity index (χ3n) is 10.1. The molecule has 3 atom stereocenters. The zero-order valence-corrected chi connectivity index (χ0v) is 30.5. The lowest BCUT2D eigenvalue weighted by molar-refractivity contribution is -0.914. The first-order valence-corrected chi connectivity index (χ1v) is 16.2. The van der Waals surface area contributed by atoms with Crippen molar-refractivity contribution in [3.63, 3.8) is 0 Å². The topological polar surface area (TPSA) is 83.3 Å². The van der Waals surface area contributed by atoms with Crippen molar-refractivity contribution in [2.24, 2.45) is 0 Å². The van der Waals surface area contributed by atoms with E-state index >= 15 is 0 Å². The Morgan fingerprint density at radius 3 is 2.21 bits per heavy atom. The fraction of sp³-hybridized carbons (Fsp3) is 0.368. The van der Waals surface area contributed by atoms with Crippen LogP contribution in [-0.2, 0) is 25.7 Å². The quantitative estimate of drug-likeness (QED) is 0.307. The maximum absolute atomic E-state index is 11.5. The molecule has 10 heteroatoms. The summed E-state index contributed by atoms with van der Waals surface area (Å²) in [6, 6.07) is 18.7. The minimum atomic E-state index is -0.117. The maximum atomic E-state index is 11.5. The minimum absolute atomic E-state index is 0. The number of rotatable bonds is 4. The van der Waals surface area contributed by atoms with Gasteiger partial charge in [-0.05, 0) is 73.0 Å². The van der Waals surface area contributed by atoms with Gasteiger partial charge < -0.3 is 62.4 Å². The smallest absolute Gasteiger partial charge is 0.208 e. The molecule has 4 aromatic carbocycles. The predicted molar refractivity (Wildman–Crippen MR) is 178 cm³/mol. The summed E-state index contributed by atoms with van der Waals surface area (Å²) in [5.41, 5.74) is 6.42. The summed E-state index contributed by atoms with van der Waals surface area (Å²) >= 11 is 0. The van der Waals surface area contributed by atoms with Crippen LogP contribution in [-0.4, -0.2) is 65.6 Å². The largest absolute Gasteiger partial charge is 1.00 e. The van der Waals surface area contributed by atoms with E-state index in [1.165, 1.54) is 16.0 Å². The van der Waals surface area contributed by atoms with Crippen LogP contribution in [0, 0.1) is 0 Å². The second kappa shape index (κ2) is 13.9. The molecular weight excluding hydrogens is 723 g/mol. The van der Waals surface area contributed by atoms with Gasteiger partial charge in [-0.25, -0.2) is 0 Å². The Morgan fingerprint density at radius 1 is 0.792 bits per heavy atom. The number of hydrogen-bond donors (Lipinski definition) is 2. The van der Waals surface area contributed by atoms with E-state index in [9.17, 15) is 5.11 Å². The average Bonchev–Trinajstić information content (AvgIpc) is 3.08. The van der Waals surface area contributed by atoms with Crippen LogP contribution >= 0.6 is 0 Å². The van der Waals surface area contributed by atoms with Crippen LogP contribution in [0.1, 0.15) is 45.5 Å². The second-order valence-corrected chi connectivity index (χ2v) is 12.7. The van der Waals surface area contributed by atoms with Crippen LogP contribution in [0.15, 0.2) is 54.6 Å². The number of phenols is 1. The Hall–Kier alpha value is -3.87. The number of ether oxygens (including phenoxy) is 6. The molecule has 0 spiro atoms. The summed E-state index contributed by atoms with van der Waals surface area (Å²) in [5, 5.41) is 11.5. The lowest BCUT2D eigenvalue weighted by Crippen LogP contribution is -3.10. The van der Waals surface area contributed by atoms with E-state index in [2.05, 4.69) is 55.4 Å². The number of nitrogens with one attached hydrogen (secondary N) is 1. The summed E-state index contributed by atoms with van der Waals surface area (Å²) in [4.78, 5) is 3.72. The van der Waals surface area contributed by atoms with Crippen LogP contribution in [0.5, 0.6) is 51.7 Å². The van der Waals surface area contributed by atoms with Crippen LogP contribution in [0.2, 0.25) is 0 Å². The van der Waals surface area contributed by atoms with E-state index in [0.717, 1.165) is 53.9 Å². The highest BCUT2D eigenvalue weighted by atomic mass is 127. The van der Waals surface area contributed by atoms with Gasteiger partial charge in [-0.15, -0.1) is 0 Å². The fourth-order valence-corrected chi connectivity index (χ4v) is 7.51. The number of fused-ring (bicyclic) bond motifs is 2. The molecule has 254 valence electrons. The van der Waals surface area contributed by atoms with Gasteiger partial charge in [0.25, 0.3) is 0 Å². The molecule has 3 unspecified atom stereocenters. The van der Waals surface area contributed by atoms with Crippen molar-refractivity contribution >= 4 is 0 Å².